The SMILES string of the molecule is Cc1noc(C)c1COc1ccc(-c2nc3ccccc3c(=O)[nH]2)cc1. The lowest BCUT2D eigenvalue weighted by molar-refractivity contribution is 0.302. The normalized spacial score (nSPS) is 11.0. The molecule has 4 rings (SSSR count). The van der Waals surface area contributed by atoms with Gasteiger partial charge in [0.05, 0.1) is 22.2 Å². The van der Waals surface area contributed by atoms with Gasteiger partial charge in [0, 0.05) is 5.56 Å². The molecule has 0 saturated heterocycles. The number of aryl methyl sites for hydroxylation is 2. The summed E-state index contributed by atoms with van der Waals surface area (Å²) < 4.78 is 10.9. The predicted molar refractivity (Wildman–Crippen MR) is 98.1 cm³/mol. The third-order valence-corrected chi connectivity index (χ3v) is 4.31. The third kappa shape index (κ3) is 2.97. The zero-order valence-electron chi connectivity index (χ0n) is 14.4. The van der Waals surface area contributed by atoms with E-state index in [4.69, 9.17) is 9.26 Å². The Morgan fingerprint density at radius 1 is 1.08 bits per heavy atom. The van der Waals surface area contributed by atoms with Gasteiger partial charge in [-0.2, -0.15) is 0 Å². The first-order valence-electron chi connectivity index (χ1n) is 8.26. The molecule has 0 bridgehead atoms. The van der Waals surface area contributed by atoms with Crippen molar-refractivity contribution in [3.8, 4) is 17.1 Å². The lowest BCUT2D eigenvalue weighted by atomic mass is 10.2. The van der Waals surface area contributed by atoms with Crippen LogP contribution in [0.1, 0.15) is 17.0 Å². The van der Waals surface area contributed by atoms with Crippen LogP contribution in [-0.4, -0.2) is 15.1 Å². The molecular weight excluding hydrogens is 330 g/mol. The van der Waals surface area contributed by atoms with Gasteiger partial charge in [0.2, 0.25) is 0 Å². The Hall–Kier alpha value is -3.41. The second kappa shape index (κ2) is 6.48. The zero-order chi connectivity index (χ0) is 18.1. The Labute approximate surface area is 149 Å². The molecule has 2 aromatic heterocycles. The van der Waals surface area contributed by atoms with Crippen molar-refractivity contribution in [3.63, 3.8) is 0 Å². The molecule has 0 fully saturated rings. The molecule has 0 radical (unpaired) electrons. The number of para-hydroxylation sites is 1. The molecule has 6 heteroatoms. The summed E-state index contributed by atoms with van der Waals surface area (Å²) in [5, 5.41) is 4.50. The molecule has 0 atom stereocenters. The van der Waals surface area contributed by atoms with Crippen molar-refractivity contribution < 1.29 is 9.26 Å². The molecule has 2 heterocycles. The fraction of sp³-hybridized carbons (Fsp3) is 0.150. The highest BCUT2D eigenvalue weighted by molar-refractivity contribution is 5.79. The average Bonchev–Trinajstić information content (AvgIpc) is 2.98. The van der Waals surface area contributed by atoms with E-state index in [1.54, 1.807) is 6.07 Å². The fourth-order valence-corrected chi connectivity index (χ4v) is 2.80. The molecule has 26 heavy (non-hydrogen) atoms. The average molecular weight is 347 g/mol. The van der Waals surface area contributed by atoms with Crippen LogP contribution < -0.4 is 10.3 Å². The van der Waals surface area contributed by atoms with Gasteiger partial charge in [0.1, 0.15) is 23.9 Å². The highest BCUT2D eigenvalue weighted by atomic mass is 16.5. The van der Waals surface area contributed by atoms with Gasteiger partial charge >= 0.3 is 0 Å². The van der Waals surface area contributed by atoms with Gasteiger partial charge in [-0.1, -0.05) is 17.3 Å². The summed E-state index contributed by atoms with van der Waals surface area (Å²) in [5.41, 5.74) is 3.12. The Bertz CT molecular complexity index is 1110. The minimum Gasteiger partial charge on any atom is -0.489 e. The van der Waals surface area contributed by atoms with Crippen LogP contribution in [0.25, 0.3) is 22.3 Å². The summed E-state index contributed by atoms with van der Waals surface area (Å²) in [4.78, 5) is 19.6. The minimum absolute atomic E-state index is 0.149. The molecule has 0 unspecified atom stereocenters. The number of H-pyrrole nitrogens is 1. The maximum absolute atomic E-state index is 12.2. The van der Waals surface area contributed by atoms with Gasteiger partial charge in [-0.25, -0.2) is 4.98 Å². The number of hydrogen-bond acceptors (Lipinski definition) is 5. The summed E-state index contributed by atoms with van der Waals surface area (Å²) in [7, 11) is 0. The standard InChI is InChI=1S/C20H17N3O3/c1-12-17(13(2)26-23-12)11-25-15-9-7-14(8-10-15)19-21-18-6-4-3-5-16(18)20(24)22-19/h3-10H,11H2,1-2H3,(H,21,22,24). The number of hydrogen-bond donors (Lipinski definition) is 1. The summed E-state index contributed by atoms with van der Waals surface area (Å²) in [6, 6.07) is 14.7. The topological polar surface area (TPSA) is 81.0 Å². The van der Waals surface area contributed by atoms with Crippen LogP contribution in [0.4, 0.5) is 0 Å². The largest absolute Gasteiger partial charge is 0.489 e. The van der Waals surface area contributed by atoms with Crippen LogP contribution in [0.15, 0.2) is 57.8 Å². The second-order valence-electron chi connectivity index (χ2n) is 6.05. The van der Waals surface area contributed by atoms with Crippen LogP contribution in [-0.2, 0) is 6.61 Å². The van der Waals surface area contributed by atoms with Crippen molar-refractivity contribution in [2.75, 3.05) is 0 Å². The summed E-state index contributed by atoms with van der Waals surface area (Å²) in [6.45, 7) is 4.15. The maximum atomic E-state index is 12.2. The summed E-state index contributed by atoms with van der Waals surface area (Å²) in [6.07, 6.45) is 0. The Kier molecular flexibility index (Phi) is 4.01. The van der Waals surface area contributed by atoms with Gasteiger partial charge in [0.25, 0.3) is 5.56 Å². The number of nitrogens with one attached hydrogen (secondary N) is 1. The number of rotatable bonds is 4. The van der Waals surface area contributed by atoms with Crippen LogP contribution in [0, 0.1) is 13.8 Å². The summed E-state index contributed by atoms with van der Waals surface area (Å²) in [5.74, 6) is 2.01. The van der Waals surface area contributed by atoms with E-state index in [0.717, 1.165) is 28.3 Å². The van der Waals surface area contributed by atoms with Crippen molar-refractivity contribution in [2.24, 2.45) is 0 Å². The minimum atomic E-state index is -0.149. The van der Waals surface area contributed by atoms with Gasteiger partial charge in [0.15, 0.2) is 0 Å². The van der Waals surface area contributed by atoms with E-state index in [1.165, 1.54) is 0 Å². The van der Waals surface area contributed by atoms with E-state index < -0.39 is 0 Å². The van der Waals surface area contributed by atoms with Crippen molar-refractivity contribution in [1.82, 2.24) is 15.1 Å². The molecule has 0 aliphatic carbocycles. The molecule has 130 valence electrons. The van der Waals surface area contributed by atoms with E-state index in [2.05, 4.69) is 15.1 Å². The van der Waals surface area contributed by atoms with Gasteiger partial charge < -0.3 is 14.2 Å². The van der Waals surface area contributed by atoms with E-state index in [0.29, 0.717) is 23.3 Å². The first-order valence-corrected chi connectivity index (χ1v) is 8.26. The van der Waals surface area contributed by atoms with Crippen molar-refractivity contribution in [2.45, 2.75) is 20.5 Å². The molecule has 0 amide bonds. The van der Waals surface area contributed by atoms with Crippen LogP contribution in [0.3, 0.4) is 0 Å². The molecule has 6 nitrogen and oxygen atoms in total. The zero-order valence-corrected chi connectivity index (χ0v) is 14.4. The van der Waals surface area contributed by atoms with E-state index in [9.17, 15) is 4.79 Å². The number of aromatic amines is 1. The first kappa shape index (κ1) is 16.1. The quantitative estimate of drug-likeness (QED) is 0.608. The second-order valence-corrected chi connectivity index (χ2v) is 6.05. The fourth-order valence-electron chi connectivity index (χ4n) is 2.80. The van der Waals surface area contributed by atoms with Crippen molar-refractivity contribution in [3.05, 3.63) is 75.9 Å². The molecule has 4 aromatic rings. The van der Waals surface area contributed by atoms with Crippen molar-refractivity contribution >= 4 is 10.9 Å². The number of aromatic nitrogens is 3. The summed E-state index contributed by atoms with van der Waals surface area (Å²) >= 11 is 0. The Morgan fingerprint density at radius 2 is 1.85 bits per heavy atom. The molecule has 0 aliphatic heterocycles. The van der Waals surface area contributed by atoms with Gasteiger partial charge in [-0.05, 0) is 50.2 Å². The highest BCUT2D eigenvalue weighted by Gasteiger charge is 2.10. The predicted octanol–water partition coefficient (Wildman–Crippen LogP) is 3.77. The highest BCUT2D eigenvalue weighted by Crippen LogP contribution is 2.22. The van der Waals surface area contributed by atoms with Crippen LogP contribution in [0.5, 0.6) is 5.75 Å². The molecule has 1 N–H and O–H groups in total. The third-order valence-electron chi connectivity index (χ3n) is 4.31. The van der Waals surface area contributed by atoms with E-state index in [1.807, 2.05) is 56.3 Å². The molecule has 0 saturated carbocycles. The number of ether oxygens (including phenoxy) is 1. The smallest absolute Gasteiger partial charge is 0.259 e. The monoisotopic (exact) mass is 347 g/mol. The molecule has 2 aromatic carbocycles. The molecular formula is C20H17N3O3. The van der Waals surface area contributed by atoms with Gasteiger partial charge in [-0.3, -0.25) is 4.79 Å². The number of fused-ring (bicyclic) bond motifs is 1. The number of nitrogens with zero attached hydrogens (tertiary/aromatic N) is 2. The molecule has 0 spiro atoms. The van der Waals surface area contributed by atoms with Crippen LogP contribution in [0.2, 0.25) is 0 Å². The lowest BCUT2D eigenvalue weighted by Crippen LogP contribution is -2.09. The van der Waals surface area contributed by atoms with Gasteiger partial charge in [-0.15, -0.1) is 0 Å². The Balaban J connectivity index is 1.57. The van der Waals surface area contributed by atoms with E-state index in [-0.39, 0.29) is 5.56 Å². The van der Waals surface area contributed by atoms with E-state index >= 15 is 0 Å². The Morgan fingerprint density at radius 3 is 2.58 bits per heavy atom. The first-order chi connectivity index (χ1) is 12.6. The molecule has 0 aliphatic rings. The van der Waals surface area contributed by atoms with Crippen molar-refractivity contribution in [1.29, 1.82) is 0 Å². The van der Waals surface area contributed by atoms with Crippen LogP contribution >= 0.6 is 0 Å². The number of benzene rings is 2. The maximum Gasteiger partial charge on any atom is 0.259 e. The lowest BCUT2D eigenvalue weighted by Gasteiger charge is -2.07.